The van der Waals surface area contributed by atoms with Crippen LogP contribution >= 0.6 is 0 Å². The first kappa shape index (κ1) is 24.8. The molecule has 0 aliphatic heterocycles. The second-order valence-corrected chi connectivity index (χ2v) is 11.6. The maximum atomic E-state index is 13.7. The molecular weight excluding hydrogens is 592 g/mol. The lowest BCUT2D eigenvalue weighted by Crippen LogP contribution is -2.36. The van der Waals surface area contributed by atoms with E-state index in [1.165, 1.54) is 25.0 Å². The summed E-state index contributed by atoms with van der Waals surface area (Å²) in [7, 11) is 2.73. The van der Waals surface area contributed by atoms with Gasteiger partial charge in [0.2, 0.25) is 5.91 Å². The molecule has 0 saturated heterocycles. The number of imidazole rings is 1. The van der Waals surface area contributed by atoms with E-state index >= 15 is 0 Å². The summed E-state index contributed by atoms with van der Waals surface area (Å²) in [6, 6.07) is 4.72. The van der Waals surface area contributed by atoms with Gasteiger partial charge in [-0.25, -0.2) is 24.2 Å². The van der Waals surface area contributed by atoms with Gasteiger partial charge in [0.05, 0.1) is 38.4 Å². The molecule has 0 spiro atoms. The number of anilines is 2. The zero-order valence-electron chi connectivity index (χ0n) is 29.3. The highest BCUT2D eigenvalue weighted by atomic mass is 16.5. The van der Waals surface area contributed by atoms with Crippen LogP contribution in [0.5, 0.6) is 5.75 Å². The Bertz CT molecular complexity index is 2250. The van der Waals surface area contributed by atoms with Crippen molar-refractivity contribution in [2.24, 2.45) is 18.6 Å². The van der Waals surface area contributed by atoms with Gasteiger partial charge in [-0.2, -0.15) is 5.10 Å². The third-order valence-corrected chi connectivity index (χ3v) is 8.97. The highest BCUT2D eigenvalue weighted by Gasteiger charge is 2.60. The first-order valence-corrected chi connectivity index (χ1v) is 14.7. The molecule has 0 bridgehead atoms. The Morgan fingerprint density at radius 3 is 2.72 bits per heavy atom. The number of amides is 2. The lowest BCUT2D eigenvalue weighted by Gasteiger charge is -2.15. The highest BCUT2D eigenvalue weighted by Crippen LogP contribution is 2.51. The van der Waals surface area contributed by atoms with Crippen LogP contribution in [-0.4, -0.2) is 66.1 Å². The van der Waals surface area contributed by atoms with E-state index in [9.17, 15) is 14.4 Å². The predicted octanol–water partition coefficient (Wildman–Crippen LogP) is 2.96. The van der Waals surface area contributed by atoms with Crippen molar-refractivity contribution < 1.29 is 24.5 Å². The molecule has 0 aromatic carbocycles. The van der Waals surface area contributed by atoms with Crippen molar-refractivity contribution in [1.82, 2.24) is 39.2 Å². The van der Waals surface area contributed by atoms with Crippen LogP contribution < -0.4 is 26.8 Å². The molecule has 2 aliphatic carbocycles. The third kappa shape index (κ3) is 4.52. The number of pyridine rings is 3. The van der Waals surface area contributed by atoms with E-state index in [1.807, 2.05) is 6.92 Å². The van der Waals surface area contributed by atoms with Crippen LogP contribution in [-0.2, 0) is 22.0 Å². The summed E-state index contributed by atoms with van der Waals surface area (Å²) in [6.45, 7) is -0.899. The number of methoxy groups -OCH3 is 2. The number of ether oxygens (including phenoxy) is 2. The van der Waals surface area contributed by atoms with Gasteiger partial charge in [-0.3, -0.25) is 18.9 Å². The summed E-state index contributed by atoms with van der Waals surface area (Å²) in [5.41, 5.74) is 5.88. The van der Waals surface area contributed by atoms with Gasteiger partial charge < -0.3 is 25.8 Å². The van der Waals surface area contributed by atoms with E-state index in [2.05, 4.69) is 25.3 Å². The SMILES string of the molecule is [2H]C1(NC(=O)OC)CCC(n2c(=O)n(C([2H])([2H])[2H])c3cnc(Nc4ccc5c(-c6cnccc6OC)nn(C6(C(N)=O)CC6C)c5n4)cc32)C1. The fourth-order valence-corrected chi connectivity index (χ4v) is 6.46. The Labute approximate surface area is 268 Å². The second-order valence-electron chi connectivity index (χ2n) is 11.6. The maximum absolute atomic E-state index is 13.7. The summed E-state index contributed by atoms with van der Waals surface area (Å²) in [6.07, 6.45) is 4.80. The molecule has 2 fully saturated rings. The van der Waals surface area contributed by atoms with E-state index in [1.54, 1.807) is 41.3 Å². The average molecular weight is 631 g/mol. The van der Waals surface area contributed by atoms with Crippen LogP contribution in [0.4, 0.5) is 16.4 Å². The number of nitrogens with zero attached hydrogens (tertiary/aromatic N) is 7. The van der Waals surface area contributed by atoms with Crippen molar-refractivity contribution in [1.29, 1.82) is 0 Å². The predicted molar refractivity (Wildman–Crippen MR) is 169 cm³/mol. The standard InChI is InChI=1S/C31H34N10O5/c1-16-13-31(16,28(32)42)41-27-19(26(38-41)20-14-33-10-9-23(20)45-3)7-8-24(37-27)36-25-12-21-22(15-34-25)39(2)30(44)40(21)18-6-5-17(11-18)35-29(43)46-4/h7-10,12,14-18H,5-6,11,13H2,1-4H3,(H2,32,42)(H,35,43)(H,34,36,37)/i2D3,17D. The quantitative estimate of drug-likeness (QED) is 0.230. The van der Waals surface area contributed by atoms with E-state index in [0.29, 0.717) is 51.3 Å². The molecule has 15 nitrogen and oxygen atoms in total. The van der Waals surface area contributed by atoms with Gasteiger partial charge >= 0.3 is 11.8 Å². The smallest absolute Gasteiger partial charge is 0.407 e. The summed E-state index contributed by atoms with van der Waals surface area (Å²) in [5.74, 6) is 0.473. The topological polar surface area (TPSA) is 186 Å². The van der Waals surface area contributed by atoms with Gasteiger partial charge in [-0.1, -0.05) is 6.92 Å². The van der Waals surface area contributed by atoms with Gasteiger partial charge in [-0.05, 0) is 49.8 Å². The van der Waals surface area contributed by atoms with Crippen LogP contribution in [0, 0.1) is 5.92 Å². The molecule has 5 heterocycles. The van der Waals surface area contributed by atoms with Crippen molar-refractivity contribution in [3.63, 3.8) is 0 Å². The van der Waals surface area contributed by atoms with E-state index in [-0.39, 0.29) is 35.6 Å². The Kier molecular flexibility index (Phi) is 5.85. The number of alkyl carbamates (subject to hydrolysis) is 1. The minimum atomic E-state index is -2.81. The molecule has 5 aromatic heterocycles. The number of fused-ring (bicyclic) bond motifs is 2. The minimum absolute atomic E-state index is 0.0412. The number of hydrogen-bond donors (Lipinski definition) is 3. The number of carbonyl (C=O) groups is 2. The molecule has 0 radical (unpaired) electrons. The Balaban J connectivity index is 1.32. The number of aryl methyl sites for hydroxylation is 1. The van der Waals surface area contributed by atoms with Crippen LogP contribution in [0.3, 0.4) is 0 Å². The molecule has 46 heavy (non-hydrogen) atoms. The zero-order valence-corrected chi connectivity index (χ0v) is 25.3. The van der Waals surface area contributed by atoms with Gasteiger partial charge in [0.15, 0.2) is 5.65 Å². The molecule has 7 rings (SSSR count). The average Bonchev–Trinajstić information content (AvgIpc) is 3.31. The van der Waals surface area contributed by atoms with Gasteiger partial charge in [0.1, 0.15) is 28.6 Å². The van der Waals surface area contributed by atoms with E-state index < -0.39 is 42.3 Å². The number of primary amides is 1. The normalized spacial score (nSPS) is 25.4. The largest absolute Gasteiger partial charge is 0.496 e. The molecule has 4 atom stereocenters. The van der Waals surface area contributed by atoms with Crippen molar-refractivity contribution >= 4 is 45.7 Å². The Morgan fingerprint density at radius 1 is 1.17 bits per heavy atom. The van der Waals surface area contributed by atoms with Crippen LogP contribution in [0.25, 0.3) is 33.3 Å². The number of nitrogens with two attached hydrogens (primary N) is 1. The fourth-order valence-electron chi connectivity index (χ4n) is 6.46. The zero-order chi connectivity index (χ0) is 35.7. The summed E-state index contributed by atoms with van der Waals surface area (Å²) >= 11 is 0. The van der Waals surface area contributed by atoms with Gasteiger partial charge in [0.25, 0.3) is 0 Å². The number of aromatic nitrogens is 7. The molecule has 4 unspecified atom stereocenters. The molecule has 238 valence electrons. The number of carbonyl (C=O) groups excluding carboxylic acids is 2. The van der Waals surface area contributed by atoms with Crippen molar-refractivity contribution in [3.8, 4) is 17.0 Å². The lowest BCUT2D eigenvalue weighted by molar-refractivity contribution is -0.123. The first-order chi connectivity index (χ1) is 23.7. The molecule has 5 aromatic rings. The molecular formula is C31H34N10O5. The van der Waals surface area contributed by atoms with Gasteiger partial charge in [-0.15, -0.1) is 0 Å². The summed E-state index contributed by atoms with van der Waals surface area (Å²) in [5, 5.41) is 11.1. The van der Waals surface area contributed by atoms with Crippen molar-refractivity contribution in [2.45, 2.75) is 50.2 Å². The number of hydrogen-bond acceptors (Lipinski definition) is 10. The highest BCUT2D eigenvalue weighted by molar-refractivity contribution is 5.96. The van der Waals surface area contributed by atoms with Crippen LogP contribution in [0.2, 0.25) is 0 Å². The minimum Gasteiger partial charge on any atom is -0.496 e. The molecule has 4 N–H and O–H groups in total. The summed E-state index contributed by atoms with van der Waals surface area (Å²) < 4.78 is 46.7. The molecule has 2 aliphatic rings. The Hall–Kier alpha value is -5.47. The molecule has 2 amide bonds. The third-order valence-electron chi connectivity index (χ3n) is 8.97. The maximum Gasteiger partial charge on any atom is 0.407 e. The molecule has 2 saturated carbocycles. The van der Waals surface area contributed by atoms with Crippen molar-refractivity contribution in [3.05, 3.63) is 53.3 Å². The van der Waals surface area contributed by atoms with Crippen LogP contribution in [0.1, 0.15) is 44.1 Å². The van der Waals surface area contributed by atoms with Crippen molar-refractivity contribution in [2.75, 3.05) is 19.5 Å². The summed E-state index contributed by atoms with van der Waals surface area (Å²) in [4.78, 5) is 51.9. The first-order valence-electron chi connectivity index (χ1n) is 16.7. The second kappa shape index (κ2) is 10.9. The molecule has 15 heteroatoms. The van der Waals surface area contributed by atoms with E-state index in [4.69, 9.17) is 26.0 Å². The Morgan fingerprint density at radius 2 is 2.00 bits per heavy atom. The number of rotatable bonds is 8. The van der Waals surface area contributed by atoms with E-state index in [0.717, 1.165) is 0 Å². The van der Waals surface area contributed by atoms with Gasteiger partial charge in [0, 0.05) is 47.0 Å². The monoisotopic (exact) mass is 630 g/mol. The number of nitrogens with one attached hydrogen (secondary N) is 2. The lowest BCUT2D eigenvalue weighted by atomic mass is 10.1. The van der Waals surface area contributed by atoms with Crippen LogP contribution in [0.15, 0.2) is 47.7 Å². The fraction of sp³-hybridized carbons (Fsp3) is 0.387.